The van der Waals surface area contributed by atoms with Gasteiger partial charge in [0.15, 0.2) is 0 Å². The lowest BCUT2D eigenvalue weighted by Gasteiger charge is -2.29. The molecular formula is C64H125N2O6P. The fourth-order valence-corrected chi connectivity index (χ4v) is 10.3. The van der Waals surface area contributed by atoms with Crippen molar-refractivity contribution < 1.29 is 32.9 Å². The summed E-state index contributed by atoms with van der Waals surface area (Å²) in [6.45, 7) is 4.68. The number of likely N-dealkylation sites (N-methyl/N-ethyl adjacent to an activating group) is 1. The van der Waals surface area contributed by atoms with Gasteiger partial charge in [-0.15, -0.1) is 0 Å². The van der Waals surface area contributed by atoms with Gasteiger partial charge in [0.2, 0.25) is 5.91 Å². The summed E-state index contributed by atoms with van der Waals surface area (Å²) in [5, 5.41) is 13.9. The van der Waals surface area contributed by atoms with Crippen molar-refractivity contribution >= 4 is 13.7 Å². The Kier molecular flexibility index (Phi) is 54.5. The fraction of sp³-hybridized carbons (Fsp3) is 0.891. The molecule has 0 aromatic rings. The quantitative estimate of drug-likeness (QED) is 0.0272. The smallest absolute Gasteiger partial charge is 0.268 e. The van der Waals surface area contributed by atoms with Crippen molar-refractivity contribution in [3.63, 3.8) is 0 Å². The number of amides is 1. The Morgan fingerprint density at radius 1 is 0.479 bits per heavy atom. The SMILES string of the molecule is CCCCCCC/C=C\C/C=C\CCCCCCCCCCCC(=O)NC(COP(=O)([O-])OCC[N+](C)(C)C)C(O)/C=C/CCCCCCCCCCCCCCCCCCCCCCCCCCCCCC. The molecule has 73 heavy (non-hydrogen) atoms. The first-order valence-electron chi connectivity index (χ1n) is 31.9. The van der Waals surface area contributed by atoms with Gasteiger partial charge in [-0.2, -0.15) is 0 Å². The molecule has 0 aromatic carbocycles. The Labute approximate surface area is 455 Å². The van der Waals surface area contributed by atoms with E-state index in [4.69, 9.17) is 9.05 Å². The number of rotatable bonds is 59. The third-order valence-electron chi connectivity index (χ3n) is 14.6. The predicted molar refractivity (Wildman–Crippen MR) is 316 cm³/mol. The molecule has 1 amide bonds. The Balaban J connectivity index is 4.11. The summed E-state index contributed by atoms with van der Waals surface area (Å²) < 4.78 is 23.4. The van der Waals surface area contributed by atoms with Gasteiger partial charge >= 0.3 is 0 Å². The molecule has 0 aliphatic carbocycles. The van der Waals surface area contributed by atoms with E-state index in [0.717, 1.165) is 44.9 Å². The number of hydrogen-bond donors (Lipinski definition) is 2. The van der Waals surface area contributed by atoms with E-state index < -0.39 is 20.0 Å². The van der Waals surface area contributed by atoms with E-state index >= 15 is 0 Å². The maximum Gasteiger partial charge on any atom is 0.268 e. The number of carbonyl (C=O) groups is 1. The van der Waals surface area contributed by atoms with Crippen LogP contribution < -0.4 is 10.2 Å². The molecule has 3 unspecified atom stereocenters. The first-order valence-corrected chi connectivity index (χ1v) is 33.3. The summed E-state index contributed by atoms with van der Waals surface area (Å²) in [7, 11) is 1.27. The third-order valence-corrected chi connectivity index (χ3v) is 15.6. The molecule has 0 aromatic heterocycles. The molecule has 0 fully saturated rings. The summed E-state index contributed by atoms with van der Waals surface area (Å²) in [4.78, 5) is 25.5. The van der Waals surface area contributed by atoms with Gasteiger partial charge in [0.05, 0.1) is 39.9 Å². The van der Waals surface area contributed by atoms with Gasteiger partial charge in [0.1, 0.15) is 13.2 Å². The second-order valence-corrected chi connectivity index (χ2v) is 24.5. The zero-order chi connectivity index (χ0) is 53.5. The number of nitrogens with zero attached hydrogens (tertiary/aromatic N) is 1. The number of phosphoric ester groups is 1. The third kappa shape index (κ3) is 58.2. The lowest BCUT2D eigenvalue weighted by Crippen LogP contribution is -2.45. The van der Waals surface area contributed by atoms with Crippen LogP contribution in [-0.4, -0.2) is 68.5 Å². The summed E-state index contributed by atoms with van der Waals surface area (Å²) in [5.41, 5.74) is 0. The second-order valence-electron chi connectivity index (χ2n) is 23.1. The molecule has 0 saturated heterocycles. The summed E-state index contributed by atoms with van der Waals surface area (Å²) >= 11 is 0. The van der Waals surface area contributed by atoms with Crippen LogP contribution in [0.3, 0.4) is 0 Å². The maximum absolute atomic E-state index is 13.0. The van der Waals surface area contributed by atoms with Crippen LogP contribution in [0.2, 0.25) is 0 Å². The molecule has 0 aliphatic rings. The van der Waals surface area contributed by atoms with Crippen LogP contribution in [0.4, 0.5) is 0 Å². The van der Waals surface area contributed by atoms with Crippen molar-refractivity contribution in [1.29, 1.82) is 0 Å². The molecule has 8 nitrogen and oxygen atoms in total. The number of quaternary nitrogens is 1. The minimum atomic E-state index is -4.60. The molecule has 0 spiro atoms. The molecule has 9 heteroatoms. The minimum Gasteiger partial charge on any atom is -0.756 e. The Morgan fingerprint density at radius 3 is 1.14 bits per heavy atom. The van der Waals surface area contributed by atoms with Crippen molar-refractivity contribution in [3.05, 3.63) is 36.5 Å². The van der Waals surface area contributed by atoms with Crippen LogP contribution in [0.25, 0.3) is 0 Å². The molecule has 0 heterocycles. The predicted octanol–water partition coefficient (Wildman–Crippen LogP) is 19.1. The van der Waals surface area contributed by atoms with Crippen LogP contribution >= 0.6 is 7.82 Å². The second kappa shape index (κ2) is 55.5. The number of hydrogen-bond acceptors (Lipinski definition) is 6. The van der Waals surface area contributed by atoms with Crippen LogP contribution in [-0.2, 0) is 18.4 Å². The summed E-state index contributed by atoms with van der Waals surface area (Å²) in [6.07, 6.45) is 72.4. The van der Waals surface area contributed by atoms with Crippen LogP contribution in [0.15, 0.2) is 36.5 Å². The topological polar surface area (TPSA) is 108 Å². The Hall–Kier alpha value is -1.28. The molecular weight excluding hydrogens is 924 g/mol. The summed E-state index contributed by atoms with van der Waals surface area (Å²) in [6, 6.07) is -0.890. The maximum atomic E-state index is 13.0. The number of phosphoric acid groups is 1. The van der Waals surface area contributed by atoms with Gasteiger partial charge in [-0.3, -0.25) is 9.36 Å². The molecule has 0 bridgehead atoms. The zero-order valence-electron chi connectivity index (χ0n) is 49.4. The van der Waals surface area contributed by atoms with E-state index in [-0.39, 0.29) is 19.1 Å². The van der Waals surface area contributed by atoms with Gasteiger partial charge in [0.25, 0.3) is 7.82 Å². The largest absolute Gasteiger partial charge is 0.756 e. The molecule has 3 atom stereocenters. The molecule has 0 aliphatic heterocycles. The highest BCUT2D eigenvalue weighted by Gasteiger charge is 2.23. The first-order chi connectivity index (χ1) is 35.5. The number of carbonyl (C=O) groups excluding carboxylic acids is 1. The lowest BCUT2D eigenvalue weighted by molar-refractivity contribution is -0.870. The standard InChI is InChI=1S/C64H125N2O6P/c1-6-8-10-12-14-16-18-20-22-24-26-28-29-30-31-32-33-34-35-36-38-39-41-43-45-47-49-51-53-55-57-63(67)62(61-72-73(69,70)71-60-59-66(3,4)5)65-64(68)58-56-54-52-50-48-46-44-42-40-37-27-25-23-21-19-17-15-13-11-9-7-2/h19,21,25,27,55,57,62-63,67H,6-18,20,22-24,26,28-54,56,58-61H2,1-5H3,(H-,65,68,69,70)/b21-19-,27-25-,57-55+. The van der Waals surface area contributed by atoms with Gasteiger partial charge in [-0.05, 0) is 51.4 Å². The number of allylic oxidation sites excluding steroid dienone is 5. The Morgan fingerprint density at radius 2 is 0.795 bits per heavy atom. The van der Waals surface area contributed by atoms with E-state index in [0.29, 0.717) is 17.4 Å². The number of nitrogens with one attached hydrogen (secondary N) is 1. The highest BCUT2D eigenvalue weighted by Crippen LogP contribution is 2.38. The van der Waals surface area contributed by atoms with E-state index in [1.54, 1.807) is 6.08 Å². The lowest BCUT2D eigenvalue weighted by atomic mass is 10.0. The van der Waals surface area contributed by atoms with Gasteiger partial charge in [-0.1, -0.05) is 294 Å². The minimum absolute atomic E-state index is 0.00132. The molecule has 0 saturated carbocycles. The monoisotopic (exact) mass is 1050 g/mol. The van der Waals surface area contributed by atoms with Crippen molar-refractivity contribution in [1.82, 2.24) is 5.32 Å². The van der Waals surface area contributed by atoms with Crippen LogP contribution in [0.1, 0.15) is 316 Å². The van der Waals surface area contributed by atoms with Gasteiger partial charge in [0, 0.05) is 6.42 Å². The van der Waals surface area contributed by atoms with E-state index in [9.17, 15) is 19.4 Å². The van der Waals surface area contributed by atoms with Crippen LogP contribution in [0.5, 0.6) is 0 Å². The number of aliphatic hydroxyl groups excluding tert-OH is 1. The van der Waals surface area contributed by atoms with E-state index in [1.165, 1.54) is 250 Å². The average Bonchev–Trinajstić information content (AvgIpc) is 3.35. The number of aliphatic hydroxyl groups is 1. The fourth-order valence-electron chi connectivity index (χ4n) is 9.60. The molecule has 2 N–H and O–H groups in total. The van der Waals surface area contributed by atoms with Gasteiger partial charge in [-0.25, -0.2) is 0 Å². The first kappa shape index (κ1) is 71.7. The number of unbranched alkanes of at least 4 members (excludes halogenated alkanes) is 42. The van der Waals surface area contributed by atoms with E-state index in [2.05, 4.69) is 43.5 Å². The van der Waals surface area contributed by atoms with Crippen molar-refractivity contribution in [2.24, 2.45) is 0 Å². The van der Waals surface area contributed by atoms with Crippen LogP contribution in [0, 0.1) is 0 Å². The average molecular weight is 1050 g/mol. The summed E-state index contributed by atoms with van der Waals surface area (Å²) in [5.74, 6) is -0.198. The molecule has 0 rings (SSSR count). The van der Waals surface area contributed by atoms with Crippen molar-refractivity contribution in [2.45, 2.75) is 328 Å². The van der Waals surface area contributed by atoms with E-state index in [1.807, 2.05) is 27.2 Å². The molecule has 432 valence electrons. The Bertz CT molecular complexity index is 1280. The normalized spacial score (nSPS) is 14.0. The zero-order valence-corrected chi connectivity index (χ0v) is 50.3. The van der Waals surface area contributed by atoms with Gasteiger partial charge < -0.3 is 28.8 Å². The highest BCUT2D eigenvalue weighted by molar-refractivity contribution is 7.45. The van der Waals surface area contributed by atoms with Crippen molar-refractivity contribution in [2.75, 3.05) is 40.9 Å². The highest BCUT2D eigenvalue weighted by atomic mass is 31.2. The van der Waals surface area contributed by atoms with Crippen molar-refractivity contribution in [3.8, 4) is 0 Å². The molecule has 0 radical (unpaired) electrons.